The number of hydrogen-bond acceptors (Lipinski definition) is 4. The first kappa shape index (κ1) is 19.6. The Hall–Kier alpha value is -2.73. The number of ketones is 1. The van der Waals surface area contributed by atoms with Crippen LogP contribution in [0.3, 0.4) is 0 Å². The molecule has 1 N–H and O–H groups in total. The molecule has 0 unspecified atom stereocenters. The number of carbonyl (C=O) groups is 2. The molecule has 0 heterocycles. The minimum atomic E-state index is -0.610. The van der Waals surface area contributed by atoms with Crippen molar-refractivity contribution in [2.24, 2.45) is 0 Å². The number of nitro benzene ring substituents is 1. The number of anilines is 1. The third-order valence-corrected chi connectivity index (χ3v) is 4.48. The summed E-state index contributed by atoms with van der Waals surface area (Å²) in [6, 6.07) is 8.08. The fourth-order valence-electron chi connectivity index (χ4n) is 2.43. The Labute approximate surface area is 156 Å². The Balaban J connectivity index is 2.03. The largest absolute Gasteiger partial charge is 0.326 e. The second-order valence-electron chi connectivity index (χ2n) is 6.15. The van der Waals surface area contributed by atoms with Crippen molar-refractivity contribution in [1.29, 1.82) is 0 Å². The van der Waals surface area contributed by atoms with Gasteiger partial charge in [0.1, 0.15) is 5.02 Å². The van der Waals surface area contributed by atoms with E-state index in [0.29, 0.717) is 16.8 Å². The van der Waals surface area contributed by atoms with Crippen molar-refractivity contribution in [1.82, 2.24) is 0 Å². The molecule has 0 spiro atoms. The lowest BCUT2D eigenvalue weighted by Crippen LogP contribution is -2.14. The highest BCUT2D eigenvalue weighted by atomic mass is 35.5. The van der Waals surface area contributed by atoms with Crippen LogP contribution in [0.5, 0.6) is 0 Å². The lowest BCUT2D eigenvalue weighted by atomic mass is 10.0. The molecular formula is C19H19ClN2O4. The van der Waals surface area contributed by atoms with Crippen LogP contribution in [0, 0.1) is 30.9 Å². The first-order chi connectivity index (χ1) is 12.2. The van der Waals surface area contributed by atoms with E-state index in [9.17, 15) is 19.7 Å². The van der Waals surface area contributed by atoms with Crippen LogP contribution in [0.4, 0.5) is 11.4 Å². The SMILES string of the molecule is Cc1ccc(C(=O)CCC(=O)Nc2cc([N+](=O)[O-])c(Cl)cc2C)cc1C. The normalized spacial score (nSPS) is 10.5. The van der Waals surface area contributed by atoms with E-state index in [4.69, 9.17) is 11.6 Å². The summed E-state index contributed by atoms with van der Waals surface area (Å²) in [7, 11) is 0. The summed E-state index contributed by atoms with van der Waals surface area (Å²) in [5.74, 6) is -0.510. The summed E-state index contributed by atoms with van der Waals surface area (Å²) in [6.45, 7) is 5.57. The van der Waals surface area contributed by atoms with Crippen molar-refractivity contribution in [3.05, 3.63) is 67.7 Å². The molecule has 2 aromatic rings. The Morgan fingerprint density at radius 2 is 1.73 bits per heavy atom. The summed E-state index contributed by atoms with van der Waals surface area (Å²) in [5, 5.41) is 13.6. The number of nitrogens with zero attached hydrogens (tertiary/aromatic N) is 1. The smallest absolute Gasteiger partial charge is 0.289 e. The maximum Gasteiger partial charge on any atom is 0.289 e. The molecule has 2 aromatic carbocycles. The number of nitrogens with one attached hydrogen (secondary N) is 1. The fraction of sp³-hybridized carbons (Fsp3) is 0.263. The monoisotopic (exact) mass is 374 g/mol. The van der Waals surface area contributed by atoms with Gasteiger partial charge in [0, 0.05) is 24.5 Å². The highest BCUT2D eigenvalue weighted by Gasteiger charge is 2.17. The van der Waals surface area contributed by atoms with Gasteiger partial charge in [0.05, 0.1) is 10.6 Å². The van der Waals surface area contributed by atoms with Gasteiger partial charge in [-0.05, 0) is 49.6 Å². The molecule has 2 rings (SSSR count). The van der Waals surface area contributed by atoms with E-state index in [1.807, 2.05) is 26.0 Å². The first-order valence-electron chi connectivity index (χ1n) is 8.04. The molecule has 0 saturated carbocycles. The van der Waals surface area contributed by atoms with E-state index < -0.39 is 4.92 Å². The number of Topliss-reactive ketones (excluding diaryl/α,β-unsaturated/α-hetero) is 1. The molecule has 0 aliphatic carbocycles. The Morgan fingerprint density at radius 3 is 2.35 bits per heavy atom. The Morgan fingerprint density at radius 1 is 1.04 bits per heavy atom. The number of halogens is 1. The van der Waals surface area contributed by atoms with Gasteiger partial charge >= 0.3 is 0 Å². The van der Waals surface area contributed by atoms with E-state index >= 15 is 0 Å². The van der Waals surface area contributed by atoms with Crippen molar-refractivity contribution in [2.75, 3.05) is 5.32 Å². The highest BCUT2D eigenvalue weighted by molar-refractivity contribution is 6.32. The molecule has 0 atom stereocenters. The summed E-state index contributed by atoms with van der Waals surface area (Å²) in [6.07, 6.45) is 0.0463. The minimum Gasteiger partial charge on any atom is -0.326 e. The molecule has 0 fully saturated rings. The van der Waals surface area contributed by atoms with Crippen LogP contribution >= 0.6 is 11.6 Å². The summed E-state index contributed by atoms with van der Waals surface area (Å²) in [5.41, 5.74) is 3.32. The van der Waals surface area contributed by atoms with Gasteiger partial charge in [0.25, 0.3) is 5.69 Å². The van der Waals surface area contributed by atoms with Gasteiger partial charge in [-0.3, -0.25) is 19.7 Å². The average Bonchev–Trinajstić information content (AvgIpc) is 2.57. The molecule has 26 heavy (non-hydrogen) atoms. The number of benzene rings is 2. The number of amides is 1. The number of carbonyl (C=O) groups excluding carboxylic acids is 2. The van der Waals surface area contributed by atoms with Gasteiger partial charge in [0.15, 0.2) is 5.78 Å². The number of hydrogen-bond donors (Lipinski definition) is 1. The molecule has 1 amide bonds. The highest BCUT2D eigenvalue weighted by Crippen LogP contribution is 2.30. The van der Waals surface area contributed by atoms with Gasteiger partial charge in [0.2, 0.25) is 5.91 Å². The van der Waals surface area contributed by atoms with Crippen LogP contribution in [0.2, 0.25) is 5.02 Å². The summed E-state index contributed by atoms with van der Waals surface area (Å²) >= 11 is 5.83. The van der Waals surface area contributed by atoms with Gasteiger partial charge in [-0.2, -0.15) is 0 Å². The average molecular weight is 375 g/mol. The Bertz CT molecular complexity index is 893. The molecule has 0 aliphatic rings. The predicted molar refractivity (Wildman–Crippen MR) is 101 cm³/mol. The van der Waals surface area contributed by atoms with E-state index in [-0.39, 0.29) is 35.2 Å². The summed E-state index contributed by atoms with van der Waals surface area (Å²) < 4.78 is 0. The molecule has 6 nitrogen and oxygen atoms in total. The third kappa shape index (κ3) is 4.67. The van der Waals surface area contributed by atoms with Crippen LogP contribution in [-0.2, 0) is 4.79 Å². The maximum absolute atomic E-state index is 12.2. The van der Waals surface area contributed by atoms with Crippen LogP contribution in [0.15, 0.2) is 30.3 Å². The second kappa shape index (κ2) is 8.10. The van der Waals surface area contributed by atoms with E-state index in [1.165, 1.54) is 12.1 Å². The van der Waals surface area contributed by atoms with Crippen molar-refractivity contribution in [3.63, 3.8) is 0 Å². The quantitative estimate of drug-likeness (QED) is 0.447. The molecule has 0 aromatic heterocycles. The lowest BCUT2D eigenvalue weighted by molar-refractivity contribution is -0.384. The standard InChI is InChI=1S/C19H19ClN2O4/c1-11-4-5-14(8-12(11)2)18(23)6-7-19(24)21-16-10-17(22(25)26)15(20)9-13(16)3/h4-5,8-10H,6-7H2,1-3H3,(H,21,24). The molecule has 0 bridgehead atoms. The van der Waals surface area contributed by atoms with Gasteiger partial charge in [-0.1, -0.05) is 23.7 Å². The van der Waals surface area contributed by atoms with E-state index in [0.717, 1.165) is 11.1 Å². The molecule has 0 aliphatic heterocycles. The van der Waals surface area contributed by atoms with Crippen molar-refractivity contribution in [3.8, 4) is 0 Å². The summed E-state index contributed by atoms with van der Waals surface area (Å²) in [4.78, 5) is 34.7. The zero-order valence-corrected chi connectivity index (χ0v) is 15.5. The van der Waals surface area contributed by atoms with Gasteiger partial charge in [-0.25, -0.2) is 0 Å². The van der Waals surface area contributed by atoms with Crippen LogP contribution in [-0.4, -0.2) is 16.6 Å². The Kier molecular flexibility index (Phi) is 6.10. The van der Waals surface area contributed by atoms with Gasteiger partial charge in [-0.15, -0.1) is 0 Å². The van der Waals surface area contributed by atoms with E-state index in [2.05, 4.69) is 5.32 Å². The minimum absolute atomic E-state index is 0.00965. The van der Waals surface area contributed by atoms with Crippen molar-refractivity contribution < 1.29 is 14.5 Å². The van der Waals surface area contributed by atoms with Crippen LogP contribution < -0.4 is 5.32 Å². The molecule has 0 radical (unpaired) electrons. The molecule has 136 valence electrons. The lowest BCUT2D eigenvalue weighted by Gasteiger charge is -2.09. The predicted octanol–water partition coefficient (Wildman–Crippen LogP) is 4.78. The third-order valence-electron chi connectivity index (χ3n) is 4.17. The number of nitro groups is 1. The van der Waals surface area contributed by atoms with E-state index in [1.54, 1.807) is 13.0 Å². The topological polar surface area (TPSA) is 89.3 Å². The zero-order valence-electron chi connectivity index (χ0n) is 14.8. The zero-order chi connectivity index (χ0) is 19.4. The maximum atomic E-state index is 12.2. The second-order valence-corrected chi connectivity index (χ2v) is 6.55. The van der Waals surface area contributed by atoms with Crippen molar-refractivity contribution in [2.45, 2.75) is 33.6 Å². The first-order valence-corrected chi connectivity index (χ1v) is 8.41. The molecule has 7 heteroatoms. The number of aryl methyl sites for hydroxylation is 3. The van der Waals surface area contributed by atoms with Crippen LogP contribution in [0.1, 0.15) is 39.9 Å². The van der Waals surface area contributed by atoms with Gasteiger partial charge < -0.3 is 5.32 Å². The van der Waals surface area contributed by atoms with Crippen molar-refractivity contribution >= 4 is 34.7 Å². The fourth-order valence-corrected chi connectivity index (χ4v) is 2.72. The molecular weight excluding hydrogens is 356 g/mol. The van der Waals surface area contributed by atoms with Crippen LogP contribution in [0.25, 0.3) is 0 Å². The molecule has 0 saturated heterocycles. The number of rotatable bonds is 6.